The Labute approximate surface area is 101 Å². The van der Waals surface area contributed by atoms with Crippen molar-refractivity contribution in [1.29, 1.82) is 0 Å². The predicted octanol–water partition coefficient (Wildman–Crippen LogP) is 1.77. The molecule has 1 aliphatic heterocycles. The van der Waals surface area contributed by atoms with Crippen molar-refractivity contribution in [2.24, 2.45) is 11.7 Å². The zero-order valence-electron chi connectivity index (χ0n) is 9.11. The summed E-state index contributed by atoms with van der Waals surface area (Å²) in [4.78, 5) is 0.436. The summed E-state index contributed by atoms with van der Waals surface area (Å²) in [6.07, 6.45) is 1.13. The van der Waals surface area contributed by atoms with Crippen LogP contribution in [-0.4, -0.2) is 24.7 Å². The van der Waals surface area contributed by atoms with E-state index in [1.807, 2.05) is 24.3 Å². The third-order valence-electron chi connectivity index (χ3n) is 2.80. The van der Waals surface area contributed by atoms with Gasteiger partial charge >= 0.3 is 0 Å². The van der Waals surface area contributed by atoms with Gasteiger partial charge in [-0.2, -0.15) is 0 Å². The largest absolute Gasteiger partial charge is 0.389 e. The van der Waals surface area contributed by atoms with E-state index in [9.17, 15) is 0 Å². The summed E-state index contributed by atoms with van der Waals surface area (Å²) in [5, 5.41) is 3.39. The smallest absolute Gasteiger partial charge is 0.106 e. The van der Waals surface area contributed by atoms with Crippen LogP contribution in [0.3, 0.4) is 0 Å². The first-order valence-electron chi connectivity index (χ1n) is 5.48. The fourth-order valence-corrected chi connectivity index (χ4v) is 2.03. The normalized spacial score (nSPS) is 19.6. The number of nitrogens with one attached hydrogen (secondary N) is 1. The van der Waals surface area contributed by atoms with Crippen LogP contribution < -0.4 is 11.1 Å². The van der Waals surface area contributed by atoms with E-state index in [-0.39, 0.29) is 0 Å². The summed E-state index contributed by atoms with van der Waals surface area (Å²) < 4.78 is 5.33. The summed E-state index contributed by atoms with van der Waals surface area (Å²) in [5.41, 5.74) is 7.59. The second kappa shape index (κ2) is 5.27. The molecule has 1 unspecified atom stereocenters. The Kier molecular flexibility index (Phi) is 3.74. The molecule has 0 spiro atoms. The maximum Gasteiger partial charge on any atom is 0.106 e. The minimum absolute atomic E-state index is 0.436. The molecular formula is C12H16N2OS. The molecule has 2 rings (SSSR count). The van der Waals surface area contributed by atoms with Crippen LogP contribution in [-0.2, 0) is 4.74 Å². The van der Waals surface area contributed by atoms with Crippen LogP contribution in [0.25, 0.3) is 0 Å². The van der Waals surface area contributed by atoms with Crippen molar-refractivity contribution < 1.29 is 4.74 Å². The first-order valence-corrected chi connectivity index (χ1v) is 5.88. The lowest BCUT2D eigenvalue weighted by molar-refractivity contribution is 0.187. The molecule has 1 aromatic rings. The van der Waals surface area contributed by atoms with Crippen molar-refractivity contribution >= 4 is 22.9 Å². The van der Waals surface area contributed by atoms with E-state index in [2.05, 4.69) is 5.32 Å². The highest BCUT2D eigenvalue weighted by atomic mass is 32.1. The van der Waals surface area contributed by atoms with Gasteiger partial charge in [0.1, 0.15) is 4.99 Å². The molecule has 86 valence electrons. The van der Waals surface area contributed by atoms with Gasteiger partial charge < -0.3 is 15.8 Å². The lowest BCUT2D eigenvalue weighted by Crippen LogP contribution is -2.18. The molecule has 0 aliphatic carbocycles. The van der Waals surface area contributed by atoms with Gasteiger partial charge in [0.15, 0.2) is 0 Å². The molecule has 3 nitrogen and oxygen atoms in total. The highest BCUT2D eigenvalue weighted by molar-refractivity contribution is 7.80. The van der Waals surface area contributed by atoms with E-state index in [0.29, 0.717) is 10.9 Å². The molecule has 4 heteroatoms. The van der Waals surface area contributed by atoms with E-state index in [0.717, 1.165) is 37.4 Å². The number of rotatable bonds is 4. The average Bonchev–Trinajstić information content (AvgIpc) is 2.79. The maximum absolute atomic E-state index is 5.67. The average molecular weight is 236 g/mol. The van der Waals surface area contributed by atoms with Crippen molar-refractivity contribution in [3.8, 4) is 0 Å². The fourth-order valence-electron chi connectivity index (χ4n) is 1.85. The standard InChI is InChI=1S/C12H16N2OS/c13-12(16)10-3-1-2-4-11(10)14-7-9-5-6-15-8-9/h1-4,9,14H,5-8H2,(H2,13,16). The number of nitrogens with two attached hydrogens (primary N) is 1. The number of hydrogen-bond acceptors (Lipinski definition) is 3. The van der Waals surface area contributed by atoms with Gasteiger partial charge in [0, 0.05) is 30.3 Å². The lowest BCUT2D eigenvalue weighted by atomic mass is 10.1. The van der Waals surface area contributed by atoms with Gasteiger partial charge in [-0.05, 0) is 18.6 Å². The summed E-state index contributed by atoms with van der Waals surface area (Å²) in [5.74, 6) is 0.597. The van der Waals surface area contributed by atoms with Crippen molar-refractivity contribution in [2.75, 3.05) is 25.1 Å². The van der Waals surface area contributed by atoms with Gasteiger partial charge in [0.25, 0.3) is 0 Å². The molecule has 0 saturated carbocycles. The highest BCUT2D eigenvalue weighted by Crippen LogP contribution is 2.17. The van der Waals surface area contributed by atoms with Crippen LogP contribution in [0.2, 0.25) is 0 Å². The molecular weight excluding hydrogens is 220 g/mol. The van der Waals surface area contributed by atoms with Gasteiger partial charge in [-0.25, -0.2) is 0 Å². The van der Waals surface area contributed by atoms with E-state index < -0.39 is 0 Å². The molecule has 16 heavy (non-hydrogen) atoms. The van der Waals surface area contributed by atoms with Gasteiger partial charge in [-0.15, -0.1) is 0 Å². The zero-order chi connectivity index (χ0) is 11.4. The van der Waals surface area contributed by atoms with Gasteiger partial charge in [-0.1, -0.05) is 24.4 Å². The van der Waals surface area contributed by atoms with Gasteiger partial charge in [0.2, 0.25) is 0 Å². The number of thiocarbonyl (C=S) groups is 1. The van der Waals surface area contributed by atoms with Crippen LogP contribution >= 0.6 is 12.2 Å². The number of anilines is 1. The van der Waals surface area contributed by atoms with E-state index in [1.54, 1.807) is 0 Å². The Balaban J connectivity index is 2.00. The Bertz CT molecular complexity index is 375. The van der Waals surface area contributed by atoms with E-state index in [4.69, 9.17) is 22.7 Å². The quantitative estimate of drug-likeness (QED) is 0.782. The summed E-state index contributed by atoms with van der Waals surface area (Å²) in [6.45, 7) is 2.64. The van der Waals surface area contributed by atoms with Crippen molar-refractivity contribution in [3.05, 3.63) is 29.8 Å². The predicted molar refractivity (Wildman–Crippen MR) is 69.7 cm³/mol. The zero-order valence-corrected chi connectivity index (χ0v) is 9.93. The van der Waals surface area contributed by atoms with E-state index in [1.165, 1.54) is 0 Å². The highest BCUT2D eigenvalue weighted by Gasteiger charge is 2.15. The maximum atomic E-state index is 5.67. The SMILES string of the molecule is NC(=S)c1ccccc1NCC1CCOC1. The summed E-state index contributed by atoms with van der Waals surface area (Å²) in [6, 6.07) is 7.87. The second-order valence-corrected chi connectivity index (χ2v) is 4.46. The van der Waals surface area contributed by atoms with E-state index >= 15 is 0 Å². The second-order valence-electron chi connectivity index (χ2n) is 4.02. The molecule has 3 N–H and O–H groups in total. The molecule has 0 amide bonds. The van der Waals surface area contributed by atoms with Crippen LogP contribution in [0, 0.1) is 5.92 Å². The molecule has 0 aromatic heterocycles. The van der Waals surface area contributed by atoms with Gasteiger partial charge in [-0.3, -0.25) is 0 Å². The summed E-state index contributed by atoms with van der Waals surface area (Å²) in [7, 11) is 0. The minimum atomic E-state index is 0.436. The van der Waals surface area contributed by atoms with Crippen LogP contribution in [0.5, 0.6) is 0 Å². The molecule has 1 heterocycles. The van der Waals surface area contributed by atoms with Crippen molar-refractivity contribution in [3.63, 3.8) is 0 Å². The van der Waals surface area contributed by atoms with Gasteiger partial charge in [0.05, 0.1) is 6.61 Å². The molecule has 0 radical (unpaired) electrons. The molecule has 1 atom stereocenters. The van der Waals surface area contributed by atoms with Crippen LogP contribution in [0.1, 0.15) is 12.0 Å². The lowest BCUT2D eigenvalue weighted by Gasteiger charge is -2.13. The Morgan fingerprint density at radius 3 is 3.00 bits per heavy atom. The van der Waals surface area contributed by atoms with Crippen LogP contribution in [0.15, 0.2) is 24.3 Å². The topological polar surface area (TPSA) is 47.3 Å². The third-order valence-corrected chi connectivity index (χ3v) is 3.02. The number of ether oxygens (including phenoxy) is 1. The fraction of sp³-hybridized carbons (Fsp3) is 0.417. The minimum Gasteiger partial charge on any atom is -0.389 e. The monoisotopic (exact) mass is 236 g/mol. The molecule has 1 saturated heterocycles. The van der Waals surface area contributed by atoms with Crippen LogP contribution in [0.4, 0.5) is 5.69 Å². The van der Waals surface area contributed by atoms with Crippen molar-refractivity contribution in [2.45, 2.75) is 6.42 Å². The molecule has 1 aromatic carbocycles. The number of para-hydroxylation sites is 1. The number of benzene rings is 1. The first kappa shape index (κ1) is 11.4. The summed E-state index contributed by atoms with van der Waals surface area (Å²) >= 11 is 5.01. The molecule has 0 bridgehead atoms. The third kappa shape index (κ3) is 2.71. The van der Waals surface area contributed by atoms with Crippen molar-refractivity contribution in [1.82, 2.24) is 0 Å². The number of hydrogen-bond donors (Lipinski definition) is 2. The Morgan fingerprint density at radius 1 is 1.50 bits per heavy atom. The Hall–Kier alpha value is -1.13. The molecule has 1 fully saturated rings. The molecule has 1 aliphatic rings. The first-order chi connectivity index (χ1) is 7.77. The Morgan fingerprint density at radius 2 is 2.31 bits per heavy atom.